The van der Waals surface area contributed by atoms with Gasteiger partial charge in [0.05, 0.1) is 5.69 Å². The molecule has 0 fully saturated rings. The summed E-state index contributed by atoms with van der Waals surface area (Å²) >= 11 is 0. The number of aryl methyl sites for hydroxylation is 1. The van der Waals surface area contributed by atoms with Crippen molar-refractivity contribution in [3.8, 4) is 5.75 Å². The summed E-state index contributed by atoms with van der Waals surface area (Å²) < 4.78 is 5.78. The molecule has 2 aliphatic rings. The van der Waals surface area contributed by atoms with E-state index >= 15 is 0 Å². The summed E-state index contributed by atoms with van der Waals surface area (Å²) in [6.07, 6.45) is 2.51. The van der Waals surface area contributed by atoms with Gasteiger partial charge in [-0.15, -0.1) is 0 Å². The van der Waals surface area contributed by atoms with E-state index in [-0.39, 0.29) is 5.78 Å². The molecule has 0 amide bonds. The molecule has 1 aliphatic heterocycles. The highest BCUT2D eigenvalue weighted by Gasteiger charge is 2.19. The first-order chi connectivity index (χ1) is 10.3. The van der Waals surface area contributed by atoms with Gasteiger partial charge in [-0.3, -0.25) is 4.79 Å². The number of Topliss-reactive ketones (excluding diaryl/α,β-unsaturated/α-hetero) is 1. The summed E-state index contributed by atoms with van der Waals surface area (Å²) in [5.41, 5.74) is 4.11. The molecule has 0 unspecified atom stereocenters. The molecular weight excluding hydrogens is 264 g/mol. The summed E-state index contributed by atoms with van der Waals surface area (Å²) in [6.45, 7) is 1.38. The number of pyridine rings is 1. The number of hydrogen-bond donors (Lipinski definition) is 1. The zero-order valence-electron chi connectivity index (χ0n) is 11.7. The van der Waals surface area contributed by atoms with Crippen molar-refractivity contribution in [3.63, 3.8) is 0 Å². The Morgan fingerprint density at radius 3 is 2.95 bits per heavy atom. The third-order valence-electron chi connectivity index (χ3n) is 4.11. The Morgan fingerprint density at radius 2 is 2.00 bits per heavy atom. The van der Waals surface area contributed by atoms with Gasteiger partial charge >= 0.3 is 0 Å². The van der Waals surface area contributed by atoms with Crippen LogP contribution >= 0.6 is 0 Å². The molecule has 0 atom stereocenters. The van der Waals surface area contributed by atoms with E-state index in [9.17, 15) is 4.79 Å². The molecule has 4 nitrogen and oxygen atoms in total. The van der Waals surface area contributed by atoms with E-state index in [0.29, 0.717) is 13.0 Å². The fourth-order valence-electron chi connectivity index (χ4n) is 2.94. The summed E-state index contributed by atoms with van der Waals surface area (Å²) in [4.78, 5) is 16.3. The molecule has 0 saturated carbocycles. The standard InChI is InChI=1S/C17H16N2O2/c20-16-6-3-11-2-5-14(9-15(11)16)21-10-13-4-1-12-7-8-18-17(12)19-13/h1-2,4-5,9H,3,6-8,10H2,(H,18,19). The highest BCUT2D eigenvalue weighted by Crippen LogP contribution is 2.27. The number of ether oxygens (including phenoxy) is 1. The van der Waals surface area contributed by atoms with Crippen LogP contribution in [-0.2, 0) is 19.4 Å². The fourth-order valence-corrected chi connectivity index (χ4v) is 2.94. The number of fused-ring (bicyclic) bond motifs is 2. The molecular formula is C17H16N2O2. The summed E-state index contributed by atoms with van der Waals surface area (Å²) in [5, 5.41) is 3.27. The number of hydrogen-bond acceptors (Lipinski definition) is 4. The SMILES string of the molecule is O=C1CCc2ccc(OCc3ccc4c(n3)NCC4)cc21. The number of carbonyl (C=O) groups is 1. The van der Waals surface area contributed by atoms with Gasteiger partial charge in [-0.1, -0.05) is 12.1 Å². The predicted octanol–water partition coefficient (Wildman–Crippen LogP) is 2.76. The molecule has 1 aromatic heterocycles. The van der Waals surface area contributed by atoms with E-state index in [2.05, 4.69) is 16.4 Å². The monoisotopic (exact) mass is 280 g/mol. The molecule has 4 rings (SSSR count). The van der Waals surface area contributed by atoms with Crippen molar-refractivity contribution in [1.82, 2.24) is 4.98 Å². The molecule has 0 radical (unpaired) electrons. The highest BCUT2D eigenvalue weighted by molar-refractivity contribution is 6.00. The fraction of sp³-hybridized carbons (Fsp3) is 0.294. The Bertz CT molecular complexity index is 725. The minimum absolute atomic E-state index is 0.218. The van der Waals surface area contributed by atoms with Crippen LogP contribution in [0.5, 0.6) is 5.75 Å². The maximum Gasteiger partial charge on any atom is 0.163 e. The van der Waals surface area contributed by atoms with Crippen molar-refractivity contribution in [2.75, 3.05) is 11.9 Å². The smallest absolute Gasteiger partial charge is 0.163 e. The quantitative estimate of drug-likeness (QED) is 0.939. The van der Waals surface area contributed by atoms with E-state index in [4.69, 9.17) is 4.74 Å². The number of rotatable bonds is 3. The molecule has 1 N–H and O–H groups in total. The largest absolute Gasteiger partial charge is 0.487 e. The first kappa shape index (κ1) is 12.4. The second-order valence-electron chi connectivity index (χ2n) is 5.52. The van der Waals surface area contributed by atoms with Gasteiger partial charge in [-0.2, -0.15) is 0 Å². The summed E-state index contributed by atoms with van der Waals surface area (Å²) in [7, 11) is 0. The maximum atomic E-state index is 11.7. The molecule has 1 aliphatic carbocycles. The van der Waals surface area contributed by atoms with Crippen LogP contribution in [0.3, 0.4) is 0 Å². The van der Waals surface area contributed by atoms with Crippen molar-refractivity contribution in [2.24, 2.45) is 0 Å². The van der Waals surface area contributed by atoms with Crippen LogP contribution in [0.2, 0.25) is 0 Å². The van der Waals surface area contributed by atoms with Gasteiger partial charge < -0.3 is 10.1 Å². The molecule has 0 bridgehead atoms. The average molecular weight is 280 g/mol. The third-order valence-corrected chi connectivity index (χ3v) is 4.11. The Morgan fingerprint density at radius 1 is 1.10 bits per heavy atom. The Kier molecular flexibility index (Phi) is 2.88. The van der Waals surface area contributed by atoms with Crippen LogP contribution in [0.25, 0.3) is 0 Å². The van der Waals surface area contributed by atoms with Crippen LogP contribution in [-0.4, -0.2) is 17.3 Å². The lowest BCUT2D eigenvalue weighted by Crippen LogP contribution is -2.01. The van der Waals surface area contributed by atoms with Crippen molar-refractivity contribution in [1.29, 1.82) is 0 Å². The molecule has 4 heteroatoms. The van der Waals surface area contributed by atoms with Gasteiger partial charge in [0.15, 0.2) is 5.78 Å². The zero-order valence-corrected chi connectivity index (χ0v) is 11.7. The topological polar surface area (TPSA) is 51.2 Å². The van der Waals surface area contributed by atoms with Gasteiger partial charge in [0, 0.05) is 18.5 Å². The lowest BCUT2D eigenvalue weighted by molar-refractivity contribution is 0.0994. The van der Waals surface area contributed by atoms with Crippen LogP contribution in [0.1, 0.15) is 33.6 Å². The molecule has 2 aromatic rings. The number of aromatic nitrogens is 1. The summed E-state index contributed by atoms with van der Waals surface area (Å²) in [6, 6.07) is 9.89. The number of nitrogens with one attached hydrogen (secondary N) is 1. The van der Waals surface area contributed by atoms with Crippen molar-refractivity contribution in [2.45, 2.75) is 25.9 Å². The third kappa shape index (κ3) is 2.27. The van der Waals surface area contributed by atoms with Crippen LogP contribution in [0.15, 0.2) is 30.3 Å². The number of benzene rings is 1. The van der Waals surface area contributed by atoms with E-state index in [1.54, 1.807) is 0 Å². The van der Waals surface area contributed by atoms with Crippen LogP contribution in [0, 0.1) is 0 Å². The lowest BCUT2D eigenvalue weighted by atomic mass is 10.1. The van der Waals surface area contributed by atoms with Crippen molar-refractivity contribution < 1.29 is 9.53 Å². The van der Waals surface area contributed by atoms with E-state index in [1.165, 1.54) is 5.56 Å². The average Bonchev–Trinajstić information content (AvgIpc) is 3.11. The van der Waals surface area contributed by atoms with Crippen LogP contribution < -0.4 is 10.1 Å². The normalized spacial score (nSPS) is 15.5. The molecule has 1 aromatic carbocycles. The second kappa shape index (κ2) is 4.88. The number of anilines is 1. The molecule has 106 valence electrons. The summed E-state index contributed by atoms with van der Waals surface area (Å²) in [5.74, 6) is 1.93. The minimum Gasteiger partial charge on any atom is -0.487 e. The number of carbonyl (C=O) groups excluding carboxylic acids is 1. The first-order valence-corrected chi connectivity index (χ1v) is 7.31. The van der Waals surface area contributed by atoms with Gasteiger partial charge in [0.25, 0.3) is 0 Å². The van der Waals surface area contributed by atoms with E-state index in [0.717, 1.165) is 47.8 Å². The number of nitrogens with zero attached hydrogens (tertiary/aromatic N) is 1. The Hall–Kier alpha value is -2.36. The Balaban J connectivity index is 1.50. The van der Waals surface area contributed by atoms with Gasteiger partial charge in [0.1, 0.15) is 18.2 Å². The second-order valence-corrected chi connectivity index (χ2v) is 5.52. The first-order valence-electron chi connectivity index (χ1n) is 7.31. The number of ketones is 1. The molecule has 0 spiro atoms. The molecule has 0 saturated heterocycles. The molecule has 21 heavy (non-hydrogen) atoms. The zero-order chi connectivity index (χ0) is 14.2. The Labute approximate surface area is 123 Å². The maximum absolute atomic E-state index is 11.7. The predicted molar refractivity (Wildman–Crippen MR) is 79.9 cm³/mol. The van der Waals surface area contributed by atoms with Gasteiger partial charge in [-0.05, 0) is 42.2 Å². The van der Waals surface area contributed by atoms with Crippen molar-refractivity contribution in [3.05, 3.63) is 52.7 Å². The van der Waals surface area contributed by atoms with Gasteiger partial charge in [-0.25, -0.2) is 4.98 Å². The van der Waals surface area contributed by atoms with Gasteiger partial charge in [0.2, 0.25) is 0 Å². The lowest BCUT2D eigenvalue weighted by Gasteiger charge is -2.08. The molecule has 2 heterocycles. The van der Waals surface area contributed by atoms with Crippen LogP contribution in [0.4, 0.5) is 5.82 Å². The van der Waals surface area contributed by atoms with E-state index in [1.807, 2.05) is 24.3 Å². The van der Waals surface area contributed by atoms with E-state index < -0.39 is 0 Å². The minimum atomic E-state index is 0.218. The van der Waals surface area contributed by atoms with Crippen molar-refractivity contribution >= 4 is 11.6 Å². The highest BCUT2D eigenvalue weighted by atomic mass is 16.5.